The number of carbonyl (C=O) groups excluding carboxylic acids is 2. The van der Waals surface area contributed by atoms with Gasteiger partial charge in [0.05, 0.1) is 27.7 Å². The number of quaternary nitrogens is 1. The summed E-state index contributed by atoms with van der Waals surface area (Å²) < 4.78 is 34.8. The van der Waals surface area contributed by atoms with Crippen molar-refractivity contribution in [3.8, 4) is 0 Å². The summed E-state index contributed by atoms with van der Waals surface area (Å²) in [5, 5.41) is 0. The third kappa shape index (κ3) is 83.1. The van der Waals surface area contributed by atoms with Crippen LogP contribution in [0, 0.1) is 0 Å². The first-order valence-corrected chi connectivity index (χ1v) is 43.4. The number of hydrogen-bond donors (Lipinski definition) is 1. The fraction of sp³-hybridized carbons (Fsp3) is 0.733. The predicted octanol–water partition coefficient (Wildman–Crippen LogP) is 28.3. The van der Waals surface area contributed by atoms with Crippen LogP contribution in [0.4, 0.5) is 0 Å². The van der Waals surface area contributed by atoms with E-state index in [1.807, 2.05) is 21.1 Å². The van der Waals surface area contributed by atoms with Crippen LogP contribution in [0.25, 0.3) is 0 Å². The van der Waals surface area contributed by atoms with Gasteiger partial charge in [0.15, 0.2) is 6.10 Å². The maximum Gasteiger partial charge on any atom is 0.472 e. The van der Waals surface area contributed by atoms with Crippen LogP contribution in [0.3, 0.4) is 0 Å². The minimum absolute atomic E-state index is 0.0228. The Morgan fingerprint density at radius 3 is 0.850 bits per heavy atom. The van der Waals surface area contributed by atoms with Crippen molar-refractivity contribution in [3.05, 3.63) is 134 Å². The van der Waals surface area contributed by atoms with Crippen LogP contribution < -0.4 is 0 Å². The lowest BCUT2D eigenvalue weighted by molar-refractivity contribution is -0.870. The summed E-state index contributed by atoms with van der Waals surface area (Å²) in [5.41, 5.74) is 0. The summed E-state index contributed by atoms with van der Waals surface area (Å²) in [4.78, 5) is 36.0. The van der Waals surface area contributed by atoms with E-state index in [1.165, 1.54) is 218 Å². The maximum atomic E-state index is 12.9. The molecule has 0 bridgehead atoms. The van der Waals surface area contributed by atoms with E-state index in [9.17, 15) is 19.0 Å². The highest BCUT2D eigenvalue weighted by molar-refractivity contribution is 7.47. The largest absolute Gasteiger partial charge is 0.472 e. The number of allylic oxidation sites excluding steroid dienone is 22. The van der Waals surface area contributed by atoms with E-state index < -0.39 is 26.5 Å². The number of unbranched alkanes of at least 4 members (excludes halogenated alkanes) is 41. The Bertz CT molecular complexity index is 2160. The summed E-state index contributed by atoms with van der Waals surface area (Å²) in [7, 11) is 1.46. The van der Waals surface area contributed by atoms with Crippen molar-refractivity contribution >= 4 is 19.8 Å². The minimum atomic E-state index is -4.41. The molecule has 10 heteroatoms. The summed E-state index contributed by atoms with van der Waals surface area (Å²) in [6.07, 6.45) is 116. The molecule has 0 saturated heterocycles. The van der Waals surface area contributed by atoms with Crippen LogP contribution in [-0.4, -0.2) is 74.9 Å². The first-order chi connectivity index (χ1) is 49.0. The van der Waals surface area contributed by atoms with Gasteiger partial charge < -0.3 is 18.9 Å². The van der Waals surface area contributed by atoms with Crippen molar-refractivity contribution in [1.29, 1.82) is 0 Å². The van der Waals surface area contributed by atoms with Gasteiger partial charge in [-0.15, -0.1) is 0 Å². The lowest BCUT2D eigenvalue weighted by Gasteiger charge is -2.24. The monoisotopic (exact) mass is 1410 g/mol. The van der Waals surface area contributed by atoms with Gasteiger partial charge in [0.25, 0.3) is 0 Å². The highest BCUT2D eigenvalue weighted by atomic mass is 31.2. The summed E-state index contributed by atoms with van der Waals surface area (Å²) >= 11 is 0. The van der Waals surface area contributed by atoms with Gasteiger partial charge in [-0.3, -0.25) is 18.6 Å². The molecule has 0 fully saturated rings. The van der Waals surface area contributed by atoms with E-state index in [-0.39, 0.29) is 32.0 Å². The molecule has 0 aromatic rings. The molecule has 0 aliphatic rings. The van der Waals surface area contributed by atoms with E-state index >= 15 is 0 Å². The Kier molecular flexibility index (Phi) is 76.2. The average Bonchev–Trinajstić information content (AvgIpc) is 1.07. The molecule has 576 valence electrons. The van der Waals surface area contributed by atoms with Gasteiger partial charge in [0, 0.05) is 12.8 Å². The first kappa shape index (κ1) is 96.2. The molecule has 0 aromatic heterocycles. The third-order valence-corrected chi connectivity index (χ3v) is 19.2. The molecule has 100 heavy (non-hydrogen) atoms. The van der Waals surface area contributed by atoms with Gasteiger partial charge in [-0.25, -0.2) is 4.57 Å². The lowest BCUT2D eigenvalue weighted by atomic mass is 10.0. The van der Waals surface area contributed by atoms with Crippen LogP contribution in [0.1, 0.15) is 373 Å². The van der Waals surface area contributed by atoms with Gasteiger partial charge in [-0.1, -0.05) is 398 Å². The Labute approximate surface area is 619 Å². The molecule has 0 aliphatic heterocycles. The smallest absolute Gasteiger partial charge is 0.462 e. The number of hydrogen-bond acceptors (Lipinski definition) is 7. The van der Waals surface area contributed by atoms with E-state index in [4.69, 9.17) is 18.5 Å². The number of phosphoric ester groups is 1. The fourth-order valence-corrected chi connectivity index (χ4v) is 12.6. The number of carbonyl (C=O) groups is 2. The Hall–Kier alpha value is -3.85. The average molecular weight is 1410 g/mol. The summed E-state index contributed by atoms with van der Waals surface area (Å²) in [6, 6.07) is 0. The number of nitrogens with zero attached hydrogens (tertiary/aromatic N) is 1. The third-order valence-electron chi connectivity index (χ3n) is 18.2. The number of likely N-dealkylation sites (N-methyl/N-ethyl adjacent to an activating group) is 1. The second-order valence-corrected chi connectivity index (χ2v) is 30.6. The zero-order valence-corrected chi connectivity index (χ0v) is 66.8. The fourth-order valence-electron chi connectivity index (χ4n) is 11.8. The number of rotatable bonds is 77. The highest BCUT2D eigenvalue weighted by Crippen LogP contribution is 2.43. The van der Waals surface area contributed by atoms with Gasteiger partial charge in [-0.2, -0.15) is 0 Å². The van der Waals surface area contributed by atoms with Crippen molar-refractivity contribution in [2.24, 2.45) is 0 Å². The standard InChI is InChI=1S/C90H158NO8P/c1-6-8-10-12-14-16-18-20-22-24-26-28-30-32-34-36-38-40-42-44-45-47-49-51-53-55-57-59-61-63-65-67-69-71-73-75-77-79-81-83-90(93)99-88(87-98-100(94,95)97-85-84-91(3,4)5)86-96-89(92)82-80-78-76-74-72-70-68-66-64-62-60-58-56-54-52-50-48-46-43-41-39-37-35-33-31-29-27-25-23-21-19-17-15-13-11-9-7-2/h8,10,14,16,20,22,26,28,32,34,38,40,44-45,49,51,55,57,61,63,67,69,88H,6-7,9,11-13,15,17-19,21,23-25,27,29-31,33,35-37,39,41-43,46-48,50,52-54,56,58-60,62,64-66,68,70-87H2,1-5H3/p+1/b10-8-,16-14-,22-20-,28-26-,34-32-,40-38-,45-44-,51-49-,57-55-,63-61-,69-67-. The molecule has 9 nitrogen and oxygen atoms in total. The number of ether oxygens (including phenoxy) is 2. The van der Waals surface area contributed by atoms with E-state index in [2.05, 4.69) is 148 Å². The van der Waals surface area contributed by atoms with Crippen LogP contribution >= 0.6 is 7.82 Å². The molecule has 1 N–H and O–H groups in total. The molecule has 2 atom stereocenters. The van der Waals surface area contributed by atoms with Crippen LogP contribution in [0.15, 0.2) is 134 Å². The normalized spacial score (nSPS) is 13.7. The molecular weight excluding hydrogens is 1250 g/mol. The Morgan fingerprint density at radius 2 is 0.570 bits per heavy atom. The zero-order valence-electron chi connectivity index (χ0n) is 65.9. The van der Waals surface area contributed by atoms with Crippen LogP contribution in [0.5, 0.6) is 0 Å². The second kappa shape index (κ2) is 79.3. The molecule has 0 heterocycles. The molecular formula is C90H159NO8P+. The van der Waals surface area contributed by atoms with Gasteiger partial charge in [0.2, 0.25) is 0 Å². The molecule has 0 radical (unpaired) electrons. The quantitative estimate of drug-likeness (QED) is 0.0211. The maximum absolute atomic E-state index is 12.9. The number of phosphoric acid groups is 1. The predicted molar refractivity (Wildman–Crippen MR) is 436 cm³/mol. The SMILES string of the molecule is CC/C=C\C/C=C\C/C=C\C/C=C\C/C=C\C/C=C\C/C=C\C/C=C\C/C=C\C/C=C\C/C=C\CCCCCCCC(=O)OC(COC(=O)CCCCCCCCCCCCCCCCCCCCCCCCCCCCCCCCCCCCCCC)COP(=O)(O)OCC[N+](C)(C)C. The molecule has 2 unspecified atom stereocenters. The van der Waals surface area contributed by atoms with E-state index in [1.54, 1.807) is 0 Å². The topological polar surface area (TPSA) is 108 Å². The Morgan fingerprint density at radius 1 is 0.320 bits per heavy atom. The molecule has 0 amide bonds. The summed E-state index contributed by atoms with van der Waals surface area (Å²) in [6.45, 7) is 4.33. The highest BCUT2D eigenvalue weighted by Gasteiger charge is 2.27. The molecule has 0 spiro atoms. The lowest BCUT2D eigenvalue weighted by Crippen LogP contribution is -2.37. The van der Waals surface area contributed by atoms with Crippen LogP contribution in [0.2, 0.25) is 0 Å². The molecule has 0 rings (SSSR count). The minimum Gasteiger partial charge on any atom is -0.462 e. The van der Waals surface area contributed by atoms with Crippen molar-refractivity contribution in [1.82, 2.24) is 0 Å². The van der Waals surface area contributed by atoms with E-state index in [0.717, 1.165) is 122 Å². The van der Waals surface area contributed by atoms with Gasteiger partial charge in [0.1, 0.15) is 19.8 Å². The van der Waals surface area contributed by atoms with Crippen molar-refractivity contribution < 1.29 is 42.1 Å². The molecule has 0 aromatic carbocycles. The molecule has 0 aliphatic carbocycles. The number of esters is 2. The van der Waals surface area contributed by atoms with Crippen molar-refractivity contribution in [2.45, 2.75) is 380 Å². The zero-order chi connectivity index (χ0) is 72.5. The van der Waals surface area contributed by atoms with Crippen molar-refractivity contribution in [2.75, 3.05) is 47.5 Å². The van der Waals surface area contributed by atoms with E-state index in [0.29, 0.717) is 17.4 Å². The summed E-state index contributed by atoms with van der Waals surface area (Å²) in [5.74, 6) is -0.813. The van der Waals surface area contributed by atoms with Crippen LogP contribution in [-0.2, 0) is 32.7 Å². The second-order valence-electron chi connectivity index (χ2n) is 29.1. The van der Waals surface area contributed by atoms with Gasteiger partial charge >= 0.3 is 19.8 Å². The van der Waals surface area contributed by atoms with Gasteiger partial charge in [-0.05, 0) is 96.3 Å². The molecule has 0 saturated carbocycles. The Balaban J connectivity index is 4.02. The van der Waals surface area contributed by atoms with Crippen molar-refractivity contribution in [3.63, 3.8) is 0 Å². The first-order valence-electron chi connectivity index (χ1n) is 41.9.